The maximum atomic E-state index is 10.8. The molecule has 1 heterocycles. The molecule has 0 amide bonds. The van der Waals surface area contributed by atoms with Crippen LogP contribution in [-0.4, -0.2) is 26.4 Å². The first-order valence-corrected chi connectivity index (χ1v) is 11.3. The molecule has 0 fully saturated rings. The van der Waals surface area contributed by atoms with E-state index in [2.05, 4.69) is 16.0 Å². The van der Waals surface area contributed by atoms with E-state index < -0.39 is 26.4 Å². The summed E-state index contributed by atoms with van der Waals surface area (Å²) in [4.78, 5) is 10.3. The SMILES string of the molecule is N#CCC1=[CH][In]([CH2]C#N)[c]2cc([N+](=O)[O-])ccc21. The predicted octanol–water partition coefficient (Wildman–Crippen LogP) is 1.67. The Morgan fingerprint density at radius 2 is 2.11 bits per heavy atom. The number of fused-ring (bicyclic) bond motifs is 1. The zero-order valence-corrected chi connectivity index (χ0v) is 12.8. The molecule has 2 rings (SSSR count). The minimum absolute atomic E-state index is 0.0694. The van der Waals surface area contributed by atoms with Crippen molar-refractivity contribution in [1.29, 1.82) is 10.5 Å². The molecule has 0 aliphatic carbocycles. The van der Waals surface area contributed by atoms with E-state index in [0.717, 1.165) is 14.5 Å². The molecule has 0 radical (unpaired) electrons. The summed E-state index contributed by atoms with van der Waals surface area (Å²) < 4.78 is 3.53. The number of rotatable bonds is 3. The molecule has 0 spiro atoms. The van der Waals surface area contributed by atoms with Crippen molar-refractivity contribution in [3.05, 3.63) is 37.7 Å². The molecule has 0 atom stereocenters. The Morgan fingerprint density at radius 1 is 1.33 bits per heavy atom. The number of allylic oxidation sites excluding steroid dienone is 1. The van der Waals surface area contributed by atoms with Gasteiger partial charge in [0.2, 0.25) is 0 Å². The molecule has 0 unspecified atom stereocenters. The van der Waals surface area contributed by atoms with Crippen molar-refractivity contribution in [2.45, 2.75) is 10.6 Å². The number of hydrogen-bond acceptors (Lipinski definition) is 4. The fraction of sp³-hybridized carbons (Fsp3) is 0.167. The van der Waals surface area contributed by atoms with Gasteiger partial charge in [0.25, 0.3) is 0 Å². The van der Waals surface area contributed by atoms with E-state index in [-0.39, 0.29) is 5.69 Å². The minimum atomic E-state index is -2.37. The van der Waals surface area contributed by atoms with Gasteiger partial charge in [0.1, 0.15) is 0 Å². The van der Waals surface area contributed by atoms with Crippen LogP contribution in [0.5, 0.6) is 0 Å². The van der Waals surface area contributed by atoms with E-state index in [4.69, 9.17) is 10.5 Å². The Labute approximate surface area is 112 Å². The quantitative estimate of drug-likeness (QED) is 0.618. The summed E-state index contributed by atoms with van der Waals surface area (Å²) in [5.41, 5.74) is 1.96. The van der Waals surface area contributed by atoms with Gasteiger partial charge in [0.15, 0.2) is 0 Å². The predicted molar refractivity (Wildman–Crippen MR) is 67.1 cm³/mol. The molecule has 0 saturated carbocycles. The van der Waals surface area contributed by atoms with Crippen LogP contribution >= 0.6 is 0 Å². The van der Waals surface area contributed by atoms with Gasteiger partial charge in [-0.1, -0.05) is 0 Å². The number of nitro benzene ring substituents is 1. The van der Waals surface area contributed by atoms with Crippen LogP contribution in [0.3, 0.4) is 0 Å². The molecule has 1 aliphatic heterocycles. The topological polar surface area (TPSA) is 90.7 Å². The summed E-state index contributed by atoms with van der Waals surface area (Å²) in [5.74, 6) is 0. The molecule has 18 heavy (non-hydrogen) atoms. The number of nitriles is 2. The molecule has 0 N–H and O–H groups in total. The third kappa shape index (κ3) is 2.25. The monoisotopic (exact) mass is 341 g/mol. The Bertz CT molecular complexity index is 625. The summed E-state index contributed by atoms with van der Waals surface area (Å²) >= 11 is -2.37. The van der Waals surface area contributed by atoms with E-state index in [0.29, 0.717) is 10.6 Å². The standard InChI is InChI=1S/C10H6N2O2.C2H2N.In/c1-8(6-7-11)9-2-4-10(5-3-9)12(13)14;1-2-3;/h1-2,4-5H,6H2;1H2;. The van der Waals surface area contributed by atoms with E-state index in [1.165, 1.54) is 6.07 Å². The second kappa shape index (κ2) is 5.24. The summed E-state index contributed by atoms with van der Waals surface area (Å²) in [6.07, 6.45) is 0.309. The van der Waals surface area contributed by atoms with Crippen LogP contribution in [0.2, 0.25) is 4.18 Å². The van der Waals surface area contributed by atoms with Crippen LogP contribution in [0.25, 0.3) is 5.57 Å². The van der Waals surface area contributed by atoms with Crippen LogP contribution in [0.4, 0.5) is 5.69 Å². The number of nitro groups is 1. The molecule has 6 heteroatoms. The number of non-ortho nitro benzene ring substituents is 1. The van der Waals surface area contributed by atoms with Crippen LogP contribution in [0, 0.1) is 32.8 Å². The van der Waals surface area contributed by atoms with E-state index >= 15 is 0 Å². The summed E-state index contributed by atoms with van der Waals surface area (Å²) in [5, 5.41) is 28.4. The molecule has 1 aliphatic rings. The number of hydrogen-bond donors (Lipinski definition) is 0. The third-order valence-corrected chi connectivity index (χ3v) is 10.7. The fourth-order valence-corrected chi connectivity index (χ4v) is 9.51. The first kappa shape index (κ1) is 12.7. The van der Waals surface area contributed by atoms with Crippen molar-refractivity contribution in [2.24, 2.45) is 0 Å². The van der Waals surface area contributed by atoms with Gasteiger partial charge in [-0.2, -0.15) is 0 Å². The normalized spacial score (nSPS) is 12.3. The Morgan fingerprint density at radius 3 is 2.72 bits per heavy atom. The van der Waals surface area contributed by atoms with Gasteiger partial charge in [-0.25, -0.2) is 0 Å². The van der Waals surface area contributed by atoms with Crippen LogP contribution in [0.15, 0.2) is 22.0 Å². The summed E-state index contributed by atoms with van der Waals surface area (Å²) in [6, 6.07) is 9.02. The molecule has 0 aromatic heterocycles. The summed E-state index contributed by atoms with van der Waals surface area (Å²) in [6.45, 7) is 0. The second-order valence-electron chi connectivity index (χ2n) is 4.02. The van der Waals surface area contributed by atoms with Gasteiger partial charge in [-0.15, -0.1) is 0 Å². The Balaban J connectivity index is 2.48. The van der Waals surface area contributed by atoms with Crippen LogP contribution in [0.1, 0.15) is 12.0 Å². The van der Waals surface area contributed by atoms with Crippen molar-refractivity contribution in [3.8, 4) is 12.1 Å². The molecule has 5 nitrogen and oxygen atoms in total. The van der Waals surface area contributed by atoms with E-state index in [1.54, 1.807) is 12.1 Å². The van der Waals surface area contributed by atoms with Crippen molar-refractivity contribution < 1.29 is 4.92 Å². The van der Waals surface area contributed by atoms with E-state index in [9.17, 15) is 10.1 Å². The maximum absolute atomic E-state index is 10.8. The van der Waals surface area contributed by atoms with Gasteiger partial charge in [-0.05, 0) is 0 Å². The molecule has 86 valence electrons. The first-order valence-electron chi connectivity index (χ1n) is 5.40. The van der Waals surface area contributed by atoms with Crippen LogP contribution < -0.4 is 3.32 Å². The zero-order valence-electron chi connectivity index (χ0n) is 9.46. The van der Waals surface area contributed by atoms with Gasteiger partial charge in [0, 0.05) is 0 Å². The van der Waals surface area contributed by atoms with Gasteiger partial charge < -0.3 is 0 Å². The van der Waals surface area contributed by atoms with E-state index in [1.807, 2.05) is 0 Å². The van der Waals surface area contributed by atoms with Gasteiger partial charge in [0.05, 0.1) is 0 Å². The second-order valence-corrected chi connectivity index (χ2v) is 11.4. The average molecular weight is 341 g/mol. The Hall–Kier alpha value is -1.79. The van der Waals surface area contributed by atoms with Crippen molar-refractivity contribution in [1.82, 2.24) is 0 Å². The number of nitrogens with zero attached hydrogens (tertiary/aromatic N) is 3. The molecule has 0 bridgehead atoms. The third-order valence-electron chi connectivity index (χ3n) is 2.97. The molecule has 1 aromatic carbocycles. The Kier molecular flexibility index (Phi) is 3.69. The van der Waals surface area contributed by atoms with Crippen molar-refractivity contribution >= 4 is 36.0 Å². The molecular weight excluding hydrogens is 333 g/mol. The average Bonchev–Trinajstić information content (AvgIpc) is 2.68. The zero-order chi connectivity index (χ0) is 13.1. The molecular formula is C12H8InN3O2. The number of benzene rings is 1. The van der Waals surface area contributed by atoms with Gasteiger partial charge >= 0.3 is 112 Å². The molecule has 1 aromatic rings. The van der Waals surface area contributed by atoms with Crippen molar-refractivity contribution in [2.75, 3.05) is 0 Å². The summed E-state index contributed by atoms with van der Waals surface area (Å²) in [7, 11) is 0. The van der Waals surface area contributed by atoms with Gasteiger partial charge in [-0.3, -0.25) is 0 Å². The first-order chi connectivity index (χ1) is 8.67. The molecule has 0 saturated heterocycles. The van der Waals surface area contributed by atoms with Crippen molar-refractivity contribution in [3.63, 3.8) is 0 Å². The van der Waals surface area contributed by atoms with Crippen LogP contribution in [-0.2, 0) is 0 Å². The fourth-order valence-electron chi connectivity index (χ4n) is 2.19.